The van der Waals surface area contributed by atoms with Crippen molar-refractivity contribution in [1.29, 1.82) is 0 Å². The number of halogens is 1. The van der Waals surface area contributed by atoms with Crippen molar-refractivity contribution < 1.29 is 4.39 Å². The van der Waals surface area contributed by atoms with Gasteiger partial charge in [-0.25, -0.2) is 18.9 Å². The van der Waals surface area contributed by atoms with Crippen LogP contribution in [0.1, 0.15) is 57.6 Å². The Morgan fingerprint density at radius 2 is 1.92 bits per heavy atom. The third-order valence-electron chi connectivity index (χ3n) is 7.53. The molecule has 8 heteroatoms. The van der Waals surface area contributed by atoms with Gasteiger partial charge in [-0.3, -0.25) is 0 Å². The summed E-state index contributed by atoms with van der Waals surface area (Å²) in [5.74, 6) is 1.43. The standard InChI is InChI=1S/C28H34FN7/c1-3-28(4-2,19-30)33-25-13-8-11-22(32-25)24-18-31-26-14-15-27(34-36(24)26)35-16-6-5-12-23(35)20-9-7-10-21(29)17-20/h7-11,13-15,17-18,23H,3-6,12,16,19,30H2,1-2H3,(H,32,33). The molecule has 1 aromatic carbocycles. The van der Waals surface area contributed by atoms with Gasteiger partial charge in [0, 0.05) is 13.1 Å². The summed E-state index contributed by atoms with van der Waals surface area (Å²) in [6, 6.07) is 16.9. The van der Waals surface area contributed by atoms with Crippen molar-refractivity contribution in [2.24, 2.45) is 5.73 Å². The smallest absolute Gasteiger partial charge is 0.154 e. The van der Waals surface area contributed by atoms with Gasteiger partial charge in [-0.2, -0.15) is 0 Å². The van der Waals surface area contributed by atoms with Crippen LogP contribution in [0, 0.1) is 5.82 Å². The number of piperidine rings is 1. The molecule has 36 heavy (non-hydrogen) atoms. The number of aromatic nitrogens is 4. The van der Waals surface area contributed by atoms with Gasteiger partial charge in [-0.15, -0.1) is 5.10 Å². The molecule has 1 fully saturated rings. The van der Waals surface area contributed by atoms with E-state index in [1.165, 1.54) is 6.07 Å². The number of fused-ring (bicyclic) bond motifs is 1. The lowest BCUT2D eigenvalue weighted by Crippen LogP contribution is -2.44. The Bertz CT molecular complexity index is 1320. The maximum absolute atomic E-state index is 14.0. The molecule has 1 saturated heterocycles. The highest BCUT2D eigenvalue weighted by atomic mass is 19.1. The minimum atomic E-state index is -0.206. The predicted molar refractivity (Wildman–Crippen MR) is 143 cm³/mol. The third-order valence-corrected chi connectivity index (χ3v) is 7.53. The largest absolute Gasteiger partial charge is 0.363 e. The van der Waals surface area contributed by atoms with Crippen molar-refractivity contribution in [3.63, 3.8) is 0 Å². The molecule has 0 saturated carbocycles. The van der Waals surface area contributed by atoms with Crippen LogP contribution in [0.15, 0.2) is 60.8 Å². The third kappa shape index (κ3) is 4.65. The molecule has 1 atom stereocenters. The molecule has 0 bridgehead atoms. The summed E-state index contributed by atoms with van der Waals surface area (Å²) in [6.07, 6.45) is 6.79. The van der Waals surface area contributed by atoms with Crippen LogP contribution >= 0.6 is 0 Å². The Morgan fingerprint density at radius 1 is 1.08 bits per heavy atom. The fraction of sp³-hybridized carbons (Fsp3) is 0.393. The number of hydrogen-bond acceptors (Lipinski definition) is 6. The summed E-state index contributed by atoms with van der Waals surface area (Å²) < 4.78 is 15.9. The molecule has 0 aliphatic carbocycles. The number of nitrogens with two attached hydrogens (primary N) is 1. The van der Waals surface area contributed by atoms with Gasteiger partial charge in [0.2, 0.25) is 0 Å². The zero-order valence-electron chi connectivity index (χ0n) is 21.0. The van der Waals surface area contributed by atoms with Crippen LogP contribution in [0.4, 0.5) is 16.0 Å². The summed E-state index contributed by atoms with van der Waals surface area (Å²) in [7, 11) is 0. The Balaban J connectivity index is 1.50. The maximum Gasteiger partial charge on any atom is 0.154 e. The van der Waals surface area contributed by atoms with E-state index < -0.39 is 0 Å². The van der Waals surface area contributed by atoms with Gasteiger partial charge < -0.3 is 16.0 Å². The summed E-state index contributed by atoms with van der Waals surface area (Å²) in [5, 5.41) is 8.55. The number of anilines is 2. The van der Waals surface area contributed by atoms with Gasteiger partial charge in [0.15, 0.2) is 5.65 Å². The molecular formula is C28H34FN7. The number of nitrogens with one attached hydrogen (secondary N) is 1. The van der Waals surface area contributed by atoms with E-state index in [1.54, 1.807) is 12.1 Å². The highest BCUT2D eigenvalue weighted by molar-refractivity contribution is 5.62. The molecule has 188 valence electrons. The molecule has 0 spiro atoms. The number of imidazole rings is 1. The van der Waals surface area contributed by atoms with Crippen LogP contribution in [0.5, 0.6) is 0 Å². The SMILES string of the molecule is CCC(CC)(CN)Nc1cccc(-c2cnc3ccc(N4CCCCC4c4cccc(F)c4)nn23)n1. The molecule has 7 nitrogen and oxygen atoms in total. The number of rotatable bonds is 8. The average molecular weight is 488 g/mol. The number of nitrogens with zero attached hydrogens (tertiary/aromatic N) is 5. The van der Waals surface area contributed by atoms with E-state index in [9.17, 15) is 4.39 Å². The van der Waals surface area contributed by atoms with Crippen molar-refractivity contribution in [2.45, 2.75) is 57.5 Å². The van der Waals surface area contributed by atoms with Crippen molar-refractivity contribution >= 4 is 17.3 Å². The van der Waals surface area contributed by atoms with Crippen molar-refractivity contribution in [3.8, 4) is 11.4 Å². The molecule has 1 aliphatic rings. The molecule has 1 aliphatic heterocycles. The van der Waals surface area contributed by atoms with Gasteiger partial charge in [0.1, 0.15) is 23.1 Å². The lowest BCUT2D eigenvalue weighted by atomic mass is 9.93. The molecule has 3 N–H and O–H groups in total. The van der Waals surface area contributed by atoms with E-state index in [1.807, 2.05) is 47.1 Å². The molecule has 0 amide bonds. The Labute approximate surface area is 211 Å². The summed E-state index contributed by atoms with van der Waals surface area (Å²) in [4.78, 5) is 11.7. The topological polar surface area (TPSA) is 84.4 Å². The molecule has 5 rings (SSSR count). The minimum Gasteiger partial charge on any atom is -0.363 e. The Hall–Kier alpha value is -3.52. The fourth-order valence-electron chi connectivity index (χ4n) is 5.14. The fourth-order valence-corrected chi connectivity index (χ4v) is 5.14. The normalized spacial score (nSPS) is 16.4. The summed E-state index contributed by atoms with van der Waals surface area (Å²) in [6.45, 7) is 5.69. The van der Waals surface area contributed by atoms with Gasteiger partial charge in [0.25, 0.3) is 0 Å². The summed E-state index contributed by atoms with van der Waals surface area (Å²) >= 11 is 0. The van der Waals surface area contributed by atoms with Gasteiger partial charge in [-0.05, 0) is 74.1 Å². The molecule has 0 radical (unpaired) electrons. The monoisotopic (exact) mass is 487 g/mol. The highest BCUT2D eigenvalue weighted by Crippen LogP contribution is 2.35. The van der Waals surface area contributed by atoms with Crippen LogP contribution in [-0.2, 0) is 0 Å². The van der Waals surface area contributed by atoms with Crippen LogP contribution in [0.25, 0.3) is 17.0 Å². The lowest BCUT2D eigenvalue weighted by molar-refractivity contribution is 0.444. The molecule has 4 heterocycles. The molecule has 1 unspecified atom stereocenters. The maximum atomic E-state index is 14.0. The second kappa shape index (κ2) is 10.2. The number of hydrogen-bond donors (Lipinski definition) is 2. The Morgan fingerprint density at radius 3 is 2.69 bits per heavy atom. The van der Waals surface area contributed by atoms with Crippen LogP contribution in [0.2, 0.25) is 0 Å². The van der Waals surface area contributed by atoms with E-state index in [0.29, 0.717) is 6.54 Å². The number of pyridine rings is 1. The average Bonchev–Trinajstić information content (AvgIpc) is 3.35. The van der Waals surface area contributed by atoms with Gasteiger partial charge in [0.05, 0.1) is 23.5 Å². The number of benzene rings is 1. The van der Waals surface area contributed by atoms with E-state index in [2.05, 4.69) is 29.0 Å². The second-order valence-corrected chi connectivity index (χ2v) is 9.59. The van der Waals surface area contributed by atoms with E-state index in [-0.39, 0.29) is 17.4 Å². The van der Waals surface area contributed by atoms with Gasteiger partial charge >= 0.3 is 0 Å². The molecule has 3 aromatic heterocycles. The van der Waals surface area contributed by atoms with Crippen LogP contribution in [-0.4, -0.2) is 38.2 Å². The van der Waals surface area contributed by atoms with E-state index in [0.717, 1.165) is 72.9 Å². The van der Waals surface area contributed by atoms with Gasteiger partial charge in [-0.1, -0.05) is 32.0 Å². The van der Waals surface area contributed by atoms with Crippen LogP contribution in [0.3, 0.4) is 0 Å². The van der Waals surface area contributed by atoms with E-state index >= 15 is 0 Å². The van der Waals surface area contributed by atoms with E-state index in [4.69, 9.17) is 15.8 Å². The first kappa shape index (κ1) is 24.2. The first-order valence-corrected chi connectivity index (χ1v) is 12.9. The lowest BCUT2D eigenvalue weighted by Gasteiger charge is -2.37. The zero-order valence-corrected chi connectivity index (χ0v) is 21.0. The quantitative estimate of drug-likeness (QED) is 0.337. The van der Waals surface area contributed by atoms with Crippen molar-refractivity contribution in [1.82, 2.24) is 19.6 Å². The van der Waals surface area contributed by atoms with Crippen LogP contribution < -0.4 is 16.0 Å². The molecular weight excluding hydrogens is 453 g/mol. The highest BCUT2D eigenvalue weighted by Gasteiger charge is 2.27. The first-order chi connectivity index (χ1) is 17.6. The van der Waals surface area contributed by atoms with Crippen molar-refractivity contribution in [2.75, 3.05) is 23.3 Å². The zero-order chi connectivity index (χ0) is 25.1. The predicted octanol–water partition coefficient (Wildman–Crippen LogP) is 5.59. The second-order valence-electron chi connectivity index (χ2n) is 9.59. The minimum absolute atomic E-state index is 0.0875. The Kier molecular flexibility index (Phi) is 6.87. The first-order valence-electron chi connectivity index (χ1n) is 12.9. The van der Waals surface area contributed by atoms with Crippen molar-refractivity contribution in [3.05, 3.63) is 72.2 Å². The summed E-state index contributed by atoms with van der Waals surface area (Å²) in [5.41, 5.74) is 9.26. The molecule has 4 aromatic rings.